The largest absolute Gasteiger partial charge is 0.340 e. The van der Waals surface area contributed by atoms with Crippen molar-refractivity contribution in [2.75, 3.05) is 6.54 Å². The third-order valence-electron chi connectivity index (χ3n) is 3.86. The van der Waals surface area contributed by atoms with E-state index in [2.05, 4.69) is 15.9 Å². The number of aryl methyl sites for hydroxylation is 1. The molecule has 0 radical (unpaired) electrons. The van der Waals surface area contributed by atoms with Crippen LogP contribution in [0.4, 0.5) is 4.39 Å². The van der Waals surface area contributed by atoms with Crippen LogP contribution in [-0.4, -0.2) is 29.4 Å². The number of carbonyl (C=O) groups excluding carboxylic acids is 1. The molecule has 1 fully saturated rings. The highest BCUT2D eigenvalue weighted by Crippen LogP contribution is 2.19. The maximum Gasteiger partial charge on any atom is 0.223 e. The molecule has 1 amide bonds. The number of nitrogens with zero attached hydrogens (tertiary/aromatic N) is 1. The van der Waals surface area contributed by atoms with E-state index in [0.717, 1.165) is 12.8 Å². The Kier molecular flexibility index (Phi) is 5.16. The maximum atomic E-state index is 13.7. The first kappa shape index (κ1) is 15.4. The van der Waals surface area contributed by atoms with Crippen LogP contribution in [-0.2, 0) is 11.2 Å². The van der Waals surface area contributed by atoms with Crippen molar-refractivity contribution < 1.29 is 9.18 Å². The molecule has 20 heavy (non-hydrogen) atoms. The summed E-state index contributed by atoms with van der Waals surface area (Å²) in [4.78, 5) is 14.1. The Morgan fingerprint density at radius 1 is 1.55 bits per heavy atom. The third-order valence-corrected chi connectivity index (χ3v) is 4.35. The van der Waals surface area contributed by atoms with E-state index in [1.165, 1.54) is 6.07 Å². The molecule has 1 aliphatic rings. The van der Waals surface area contributed by atoms with Crippen molar-refractivity contribution in [3.8, 4) is 0 Å². The van der Waals surface area contributed by atoms with Crippen LogP contribution < -0.4 is 5.73 Å². The predicted molar refractivity (Wildman–Crippen MR) is 80.8 cm³/mol. The van der Waals surface area contributed by atoms with E-state index < -0.39 is 0 Å². The lowest BCUT2D eigenvalue weighted by atomic mass is 9.98. The minimum atomic E-state index is -0.263. The molecule has 2 N–H and O–H groups in total. The summed E-state index contributed by atoms with van der Waals surface area (Å²) < 4.78 is 14.4. The average Bonchev–Trinajstić information content (AvgIpc) is 2.37. The molecule has 1 heterocycles. The Hall–Kier alpha value is -0.940. The lowest BCUT2D eigenvalue weighted by Crippen LogP contribution is -2.48. The van der Waals surface area contributed by atoms with Gasteiger partial charge in [-0.3, -0.25) is 4.79 Å². The summed E-state index contributed by atoms with van der Waals surface area (Å²) in [5, 5.41) is 0. The number of hydrogen-bond donors (Lipinski definition) is 1. The second kappa shape index (κ2) is 6.68. The van der Waals surface area contributed by atoms with Gasteiger partial charge in [0.1, 0.15) is 5.82 Å². The van der Waals surface area contributed by atoms with Crippen LogP contribution in [0.5, 0.6) is 0 Å². The summed E-state index contributed by atoms with van der Waals surface area (Å²) in [6.45, 7) is 2.74. The lowest BCUT2D eigenvalue weighted by molar-refractivity contribution is -0.134. The van der Waals surface area contributed by atoms with Gasteiger partial charge >= 0.3 is 0 Å². The molecule has 1 aliphatic heterocycles. The maximum absolute atomic E-state index is 13.7. The zero-order valence-corrected chi connectivity index (χ0v) is 13.2. The second-order valence-corrected chi connectivity index (χ2v) is 6.37. The van der Waals surface area contributed by atoms with Crippen LogP contribution >= 0.6 is 15.9 Å². The molecular formula is C15H20BrFN2O. The van der Waals surface area contributed by atoms with Crippen molar-refractivity contribution in [2.45, 2.75) is 44.7 Å². The van der Waals surface area contributed by atoms with Crippen LogP contribution in [0.2, 0.25) is 0 Å². The van der Waals surface area contributed by atoms with Gasteiger partial charge in [0.25, 0.3) is 0 Å². The molecule has 0 aromatic heterocycles. The molecule has 1 saturated heterocycles. The normalized spacial score (nSPS) is 22.9. The Labute approximate surface area is 127 Å². The Bertz CT molecular complexity index is 495. The predicted octanol–water partition coefficient (Wildman–Crippen LogP) is 2.86. The summed E-state index contributed by atoms with van der Waals surface area (Å²) >= 11 is 3.23. The molecule has 5 heteroatoms. The molecule has 2 atom stereocenters. The zero-order valence-electron chi connectivity index (χ0n) is 11.6. The number of piperidine rings is 1. The summed E-state index contributed by atoms with van der Waals surface area (Å²) in [6, 6.07) is 5.33. The monoisotopic (exact) mass is 342 g/mol. The number of amides is 1. The van der Waals surface area contributed by atoms with Gasteiger partial charge in [-0.15, -0.1) is 0 Å². The number of carbonyl (C=O) groups is 1. The van der Waals surface area contributed by atoms with E-state index in [1.807, 2.05) is 11.8 Å². The first-order chi connectivity index (χ1) is 9.47. The van der Waals surface area contributed by atoms with Gasteiger partial charge in [0.05, 0.1) is 0 Å². The highest BCUT2D eigenvalue weighted by atomic mass is 79.9. The van der Waals surface area contributed by atoms with Crippen LogP contribution in [0, 0.1) is 5.82 Å². The number of hydrogen-bond acceptors (Lipinski definition) is 2. The molecule has 0 spiro atoms. The molecule has 110 valence electrons. The summed E-state index contributed by atoms with van der Waals surface area (Å²) in [7, 11) is 0. The van der Waals surface area contributed by atoms with Crippen molar-refractivity contribution in [1.29, 1.82) is 0 Å². The first-order valence-corrected chi connectivity index (χ1v) is 7.75. The molecule has 1 aromatic rings. The molecular weight excluding hydrogens is 323 g/mol. The van der Waals surface area contributed by atoms with E-state index in [1.54, 1.807) is 12.1 Å². The number of nitrogens with two attached hydrogens (primary N) is 1. The summed E-state index contributed by atoms with van der Waals surface area (Å²) in [6.07, 6.45) is 2.48. The van der Waals surface area contributed by atoms with E-state index in [0.29, 0.717) is 29.4 Å². The van der Waals surface area contributed by atoms with Crippen molar-refractivity contribution >= 4 is 21.8 Å². The number of benzene rings is 1. The highest BCUT2D eigenvalue weighted by molar-refractivity contribution is 9.10. The van der Waals surface area contributed by atoms with Crippen molar-refractivity contribution in [3.63, 3.8) is 0 Å². The fourth-order valence-corrected chi connectivity index (χ4v) is 3.02. The smallest absolute Gasteiger partial charge is 0.223 e. The van der Waals surface area contributed by atoms with Crippen LogP contribution in [0.3, 0.4) is 0 Å². The van der Waals surface area contributed by atoms with Crippen molar-refractivity contribution in [2.24, 2.45) is 5.73 Å². The van der Waals surface area contributed by atoms with Gasteiger partial charge in [0, 0.05) is 29.5 Å². The Balaban J connectivity index is 1.92. The van der Waals surface area contributed by atoms with Gasteiger partial charge in [0.15, 0.2) is 0 Å². The van der Waals surface area contributed by atoms with E-state index in [-0.39, 0.29) is 23.8 Å². The fourth-order valence-electron chi connectivity index (χ4n) is 2.69. The van der Waals surface area contributed by atoms with Gasteiger partial charge in [-0.05, 0) is 43.9 Å². The van der Waals surface area contributed by atoms with Gasteiger partial charge in [-0.25, -0.2) is 4.39 Å². The highest BCUT2D eigenvalue weighted by Gasteiger charge is 2.26. The number of rotatable bonds is 3. The first-order valence-electron chi connectivity index (χ1n) is 6.96. The van der Waals surface area contributed by atoms with Crippen LogP contribution in [0.25, 0.3) is 0 Å². The van der Waals surface area contributed by atoms with Gasteiger partial charge in [0.2, 0.25) is 5.91 Å². The minimum absolute atomic E-state index is 0.0896. The quantitative estimate of drug-likeness (QED) is 0.917. The van der Waals surface area contributed by atoms with Crippen LogP contribution in [0.15, 0.2) is 22.7 Å². The van der Waals surface area contributed by atoms with Crippen molar-refractivity contribution in [1.82, 2.24) is 4.90 Å². The Morgan fingerprint density at radius 3 is 2.95 bits per heavy atom. The minimum Gasteiger partial charge on any atom is -0.340 e. The van der Waals surface area contributed by atoms with Gasteiger partial charge < -0.3 is 10.6 Å². The molecule has 2 unspecified atom stereocenters. The molecule has 2 rings (SSSR count). The number of halogens is 2. The average molecular weight is 343 g/mol. The molecule has 1 aromatic carbocycles. The molecule has 0 aliphatic carbocycles. The zero-order chi connectivity index (χ0) is 14.7. The second-order valence-electron chi connectivity index (χ2n) is 5.46. The SMILES string of the molecule is CC1CC(N)CCN1C(=O)CCc1ccc(Br)cc1F. The molecule has 0 saturated carbocycles. The van der Waals surface area contributed by atoms with E-state index >= 15 is 0 Å². The van der Waals surface area contributed by atoms with Gasteiger partial charge in [-0.1, -0.05) is 22.0 Å². The van der Waals surface area contributed by atoms with E-state index in [4.69, 9.17) is 5.73 Å². The number of likely N-dealkylation sites (tertiary alicyclic amines) is 1. The molecule has 0 bridgehead atoms. The standard InChI is InChI=1S/C15H20BrFN2O/c1-10-8-13(18)6-7-19(10)15(20)5-3-11-2-4-12(16)9-14(11)17/h2,4,9-10,13H,3,5-8,18H2,1H3. The molecule has 3 nitrogen and oxygen atoms in total. The fraction of sp³-hybridized carbons (Fsp3) is 0.533. The van der Waals surface area contributed by atoms with E-state index in [9.17, 15) is 9.18 Å². The van der Waals surface area contributed by atoms with Crippen LogP contribution in [0.1, 0.15) is 31.7 Å². The Morgan fingerprint density at radius 2 is 2.30 bits per heavy atom. The van der Waals surface area contributed by atoms with Crippen molar-refractivity contribution in [3.05, 3.63) is 34.1 Å². The summed E-state index contributed by atoms with van der Waals surface area (Å²) in [5.74, 6) is -0.174. The third kappa shape index (κ3) is 3.79. The van der Waals surface area contributed by atoms with Gasteiger partial charge in [-0.2, -0.15) is 0 Å². The summed E-state index contributed by atoms with van der Waals surface area (Å²) in [5.41, 5.74) is 6.48. The topological polar surface area (TPSA) is 46.3 Å². The lowest BCUT2D eigenvalue weighted by Gasteiger charge is -2.36.